The van der Waals surface area contributed by atoms with Crippen LogP contribution in [0.5, 0.6) is 0 Å². The first-order chi connectivity index (χ1) is 8.50. The molecule has 0 radical (unpaired) electrons. The predicted octanol–water partition coefficient (Wildman–Crippen LogP) is 3.18. The van der Waals surface area contributed by atoms with E-state index in [1.54, 1.807) is 0 Å². The zero-order valence-electron chi connectivity index (χ0n) is 9.69. The van der Waals surface area contributed by atoms with Crippen molar-refractivity contribution in [2.45, 2.75) is 31.5 Å². The number of nitrogens with zero attached hydrogens (tertiary/aromatic N) is 1. The van der Waals surface area contributed by atoms with Crippen molar-refractivity contribution in [2.75, 3.05) is 0 Å². The molecular weight excluding hydrogens is 243 g/mol. The van der Waals surface area contributed by atoms with E-state index >= 15 is 0 Å². The van der Waals surface area contributed by atoms with Crippen LogP contribution in [0.3, 0.4) is 0 Å². The topological polar surface area (TPSA) is 33.1 Å². The number of hydrogen-bond acceptors (Lipinski definition) is 2. The molecule has 3 rings (SSSR count). The van der Waals surface area contributed by atoms with Crippen molar-refractivity contribution in [1.29, 1.82) is 0 Å². The summed E-state index contributed by atoms with van der Waals surface area (Å²) in [6.07, 6.45) is 0.0303. The van der Waals surface area contributed by atoms with Crippen molar-refractivity contribution in [3.8, 4) is 0 Å². The number of halogens is 3. The monoisotopic (exact) mass is 257 g/mol. The van der Waals surface area contributed by atoms with Gasteiger partial charge in [-0.05, 0) is 36.7 Å². The number of aliphatic hydroxyl groups is 1. The third-order valence-corrected chi connectivity index (χ3v) is 4.31. The average molecular weight is 257 g/mol. The smallest absolute Gasteiger partial charge is 0.388 e. The summed E-state index contributed by atoms with van der Waals surface area (Å²) in [6, 6.07) is 0.941. The fourth-order valence-corrected chi connectivity index (χ4v) is 3.45. The zero-order valence-corrected chi connectivity index (χ0v) is 9.69. The first kappa shape index (κ1) is 12.0. The Morgan fingerprint density at radius 3 is 2.56 bits per heavy atom. The van der Waals surface area contributed by atoms with Crippen molar-refractivity contribution in [3.63, 3.8) is 0 Å². The quantitative estimate of drug-likeness (QED) is 0.882. The fourth-order valence-electron chi connectivity index (χ4n) is 3.45. The van der Waals surface area contributed by atoms with Gasteiger partial charge in [0.25, 0.3) is 0 Å². The molecule has 2 saturated carbocycles. The molecule has 3 unspecified atom stereocenters. The van der Waals surface area contributed by atoms with Crippen LogP contribution in [0.4, 0.5) is 13.2 Å². The van der Waals surface area contributed by atoms with E-state index in [1.165, 1.54) is 0 Å². The van der Waals surface area contributed by atoms with Crippen molar-refractivity contribution in [3.05, 3.63) is 29.6 Å². The van der Waals surface area contributed by atoms with E-state index < -0.39 is 17.8 Å². The largest absolute Gasteiger partial charge is 0.416 e. The lowest BCUT2D eigenvalue weighted by molar-refractivity contribution is -0.139. The van der Waals surface area contributed by atoms with Crippen LogP contribution in [0, 0.1) is 17.8 Å². The summed E-state index contributed by atoms with van der Waals surface area (Å²) in [5.74, 6) is 0.839. The van der Waals surface area contributed by atoms with Crippen LogP contribution >= 0.6 is 0 Å². The molecule has 2 aliphatic rings. The molecule has 0 spiro atoms. The molecule has 1 heterocycles. The molecule has 2 aliphatic carbocycles. The van der Waals surface area contributed by atoms with Crippen molar-refractivity contribution in [2.24, 2.45) is 17.8 Å². The normalized spacial score (nSPS) is 32.1. The first-order valence-corrected chi connectivity index (χ1v) is 6.19. The molecule has 2 nitrogen and oxygen atoms in total. The van der Waals surface area contributed by atoms with E-state index in [0.29, 0.717) is 11.8 Å². The van der Waals surface area contributed by atoms with Crippen LogP contribution in [-0.4, -0.2) is 10.1 Å². The van der Waals surface area contributed by atoms with Gasteiger partial charge in [0.2, 0.25) is 0 Å². The fraction of sp³-hybridized carbons (Fsp3) is 0.615. The summed E-state index contributed by atoms with van der Waals surface area (Å²) in [5, 5.41) is 10.2. The van der Waals surface area contributed by atoms with Crippen molar-refractivity contribution < 1.29 is 18.3 Å². The predicted molar refractivity (Wildman–Crippen MR) is 58.5 cm³/mol. The highest BCUT2D eigenvalue weighted by Crippen LogP contribution is 2.62. The molecule has 0 aliphatic heterocycles. The first-order valence-electron chi connectivity index (χ1n) is 6.19. The Balaban J connectivity index is 1.88. The molecule has 0 bridgehead atoms. The number of aliphatic hydroxyl groups excluding tert-OH is 1. The summed E-state index contributed by atoms with van der Waals surface area (Å²) in [5.41, 5.74) is -0.820. The molecule has 3 atom stereocenters. The van der Waals surface area contributed by atoms with Gasteiger partial charge in [0, 0.05) is 18.0 Å². The SMILES string of the molecule is OC(c1cnccc1C(F)(F)F)C1C2CCCC21. The van der Waals surface area contributed by atoms with Crippen LogP contribution in [0.15, 0.2) is 18.5 Å². The molecule has 2 fully saturated rings. The van der Waals surface area contributed by atoms with Gasteiger partial charge in [-0.15, -0.1) is 0 Å². The molecule has 0 amide bonds. The Morgan fingerprint density at radius 1 is 1.28 bits per heavy atom. The second kappa shape index (κ2) is 3.95. The second-order valence-electron chi connectivity index (χ2n) is 5.24. The zero-order chi connectivity index (χ0) is 12.9. The van der Waals surface area contributed by atoms with Crippen LogP contribution in [0.2, 0.25) is 0 Å². The van der Waals surface area contributed by atoms with E-state index in [1.807, 2.05) is 0 Å². The third-order valence-electron chi connectivity index (χ3n) is 4.31. The highest BCUT2D eigenvalue weighted by atomic mass is 19.4. The van der Waals surface area contributed by atoms with Crippen molar-refractivity contribution >= 4 is 0 Å². The van der Waals surface area contributed by atoms with Gasteiger partial charge in [0.1, 0.15) is 0 Å². The summed E-state index contributed by atoms with van der Waals surface area (Å²) in [7, 11) is 0. The summed E-state index contributed by atoms with van der Waals surface area (Å²) in [6.45, 7) is 0. The number of rotatable bonds is 2. The number of aromatic nitrogens is 1. The average Bonchev–Trinajstić information content (AvgIpc) is 2.80. The van der Waals surface area contributed by atoms with Crippen LogP contribution in [0.1, 0.15) is 36.5 Å². The van der Waals surface area contributed by atoms with Gasteiger partial charge < -0.3 is 5.11 Å². The molecule has 5 heteroatoms. The van der Waals surface area contributed by atoms with Gasteiger partial charge in [-0.1, -0.05) is 6.42 Å². The Hall–Kier alpha value is -1.10. The lowest BCUT2D eigenvalue weighted by Gasteiger charge is -2.18. The van der Waals surface area contributed by atoms with Gasteiger partial charge in [0.15, 0.2) is 0 Å². The van der Waals surface area contributed by atoms with E-state index in [-0.39, 0.29) is 11.5 Å². The lowest BCUT2D eigenvalue weighted by atomic mass is 9.97. The van der Waals surface area contributed by atoms with Gasteiger partial charge in [-0.2, -0.15) is 13.2 Å². The van der Waals surface area contributed by atoms with E-state index in [0.717, 1.165) is 37.7 Å². The number of alkyl halides is 3. The minimum atomic E-state index is -4.43. The molecule has 0 saturated heterocycles. The van der Waals surface area contributed by atoms with Gasteiger partial charge in [-0.25, -0.2) is 0 Å². The van der Waals surface area contributed by atoms with Gasteiger partial charge in [0.05, 0.1) is 11.7 Å². The van der Waals surface area contributed by atoms with Crippen LogP contribution < -0.4 is 0 Å². The highest BCUT2D eigenvalue weighted by Gasteiger charge is 2.56. The molecule has 0 aromatic carbocycles. The third kappa shape index (κ3) is 1.81. The Kier molecular flexibility index (Phi) is 2.62. The maximum Gasteiger partial charge on any atom is 0.416 e. The molecule has 98 valence electrons. The minimum Gasteiger partial charge on any atom is -0.388 e. The molecule has 18 heavy (non-hydrogen) atoms. The Bertz CT molecular complexity index is 450. The number of pyridine rings is 1. The van der Waals surface area contributed by atoms with Gasteiger partial charge in [-0.3, -0.25) is 4.98 Å². The minimum absolute atomic E-state index is 0.00375. The van der Waals surface area contributed by atoms with E-state index in [9.17, 15) is 18.3 Å². The standard InChI is InChI=1S/C13H14F3NO/c14-13(15,16)10-4-5-17-6-9(10)12(18)11-7-2-1-3-8(7)11/h4-8,11-12,18H,1-3H2. The number of fused-ring (bicyclic) bond motifs is 1. The highest BCUT2D eigenvalue weighted by molar-refractivity contribution is 5.30. The van der Waals surface area contributed by atoms with E-state index in [2.05, 4.69) is 4.98 Å². The van der Waals surface area contributed by atoms with E-state index in [4.69, 9.17) is 0 Å². The summed E-state index contributed by atoms with van der Waals surface area (Å²) >= 11 is 0. The Morgan fingerprint density at radius 2 is 1.94 bits per heavy atom. The van der Waals surface area contributed by atoms with Crippen LogP contribution in [0.25, 0.3) is 0 Å². The maximum atomic E-state index is 12.8. The maximum absolute atomic E-state index is 12.8. The molecule has 1 N–H and O–H groups in total. The number of hydrogen-bond donors (Lipinski definition) is 1. The summed E-state index contributed by atoms with van der Waals surface area (Å²) < 4.78 is 38.5. The van der Waals surface area contributed by atoms with Gasteiger partial charge >= 0.3 is 6.18 Å². The molecule has 1 aromatic rings. The van der Waals surface area contributed by atoms with Crippen molar-refractivity contribution in [1.82, 2.24) is 4.98 Å². The molecular formula is C13H14F3NO. The Labute approximate surface area is 103 Å². The second-order valence-corrected chi connectivity index (χ2v) is 5.24. The molecule has 1 aromatic heterocycles. The van der Waals surface area contributed by atoms with Crippen LogP contribution in [-0.2, 0) is 6.18 Å². The lowest BCUT2D eigenvalue weighted by Crippen LogP contribution is -2.14. The summed E-state index contributed by atoms with van der Waals surface area (Å²) in [4.78, 5) is 3.72.